The van der Waals surface area contributed by atoms with Gasteiger partial charge in [0.05, 0.1) is 19.6 Å². The molecule has 1 amide bonds. The molecule has 0 saturated carbocycles. The first-order chi connectivity index (χ1) is 15.2. The fourth-order valence-corrected chi connectivity index (χ4v) is 3.71. The Morgan fingerprint density at radius 1 is 1.00 bits per heavy atom. The van der Waals surface area contributed by atoms with Gasteiger partial charge in [0, 0.05) is 16.7 Å². The Balaban J connectivity index is 1.34. The predicted octanol–water partition coefficient (Wildman–Crippen LogP) is 4.03. The molecule has 2 N–H and O–H groups in total. The number of hydrogen-bond donors (Lipinski definition) is 2. The number of amides is 1. The smallest absolute Gasteiger partial charge is 0.232 e. The van der Waals surface area contributed by atoms with Crippen molar-refractivity contribution in [1.29, 1.82) is 0 Å². The van der Waals surface area contributed by atoms with E-state index in [1.54, 1.807) is 7.11 Å². The Morgan fingerprint density at radius 2 is 1.65 bits per heavy atom. The average Bonchev–Trinajstić information content (AvgIpc) is 3.30. The maximum atomic E-state index is 13.2. The number of ether oxygens (including phenoxy) is 2. The average molecular weight is 412 g/mol. The van der Waals surface area contributed by atoms with E-state index in [1.807, 2.05) is 72.8 Å². The van der Waals surface area contributed by atoms with Crippen LogP contribution in [0.2, 0.25) is 0 Å². The van der Waals surface area contributed by atoms with Gasteiger partial charge in [0.1, 0.15) is 23.1 Å². The summed E-state index contributed by atoms with van der Waals surface area (Å²) in [6.45, 7) is 0.240. The van der Waals surface area contributed by atoms with E-state index in [0.717, 1.165) is 22.4 Å². The zero-order chi connectivity index (χ0) is 21.2. The Morgan fingerprint density at radius 3 is 2.29 bits per heavy atom. The molecule has 31 heavy (non-hydrogen) atoms. The minimum absolute atomic E-state index is 0.120. The van der Waals surface area contributed by atoms with Gasteiger partial charge in [-0.25, -0.2) is 4.98 Å². The predicted molar refractivity (Wildman–Crippen MR) is 115 cm³/mol. The van der Waals surface area contributed by atoms with Crippen LogP contribution in [0.4, 0.5) is 0 Å². The van der Waals surface area contributed by atoms with Gasteiger partial charge in [-0.1, -0.05) is 36.4 Å². The summed E-state index contributed by atoms with van der Waals surface area (Å²) in [5, 5.41) is 10.1. The quantitative estimate of drug-likeness (QED) is 0.517. The van der Waals surface area contributed by atoms with Gasteiger partial charge in [0.15, 0.2) is 5.82 Å². The van der Waals surface area contributed by atoms with Crippen LogP contribution in [-0.4, -0.2) is 28.2 Å². The third kappa shape index (κ3) is 3.61. The second-order valence-corrected chi connectivity index (χ2v) is 7.16. The van der Waals surface area contributed by atoms with Gasteiger partial charge in [-0.3, -0.25) is 9.89 Å². The van der Waals surface area contributed by atoms with Gasteiger partial charge in [-0.15, -0.1) is 0 Å². The molecule has 0 saturated heterocycles. The number of aromatic nitrogens is 3. The number of H-pyrrole nitrogens is 1. The molecule has 2 heterocycles. The summed E-state index contributed by atoms with van der Waals surface area (Å²) in [7, 11) is 1.62. The highest BCUT2D eigenvalue weighted by atomic mass is 16.5. The molecule has 5 rings (SSSR count). The van der Waals surface area contributed by atoms with Crippen LogP contribution in [0.25, 0.3) is 11.4 Å². The number of nitrogens with zero attached hydrogens (tertiary/aromatic N) is 2. The maximum absolute atomic E-state index is 13.2. The third-order valence-corrected chi connectivity index (χ3v) is 5.25. The van der Waals surface area contributed by atoms with Crippen molar-refractivity contribution in [3.8, 4) is 28.6 Å². The summed E-state index contributed by atoms with van der Waals surface area (Å²) >= 11 is 0. The van der Waals surface area contributed by atoms with Crippen molar-refractivity contribution in [3.63, 3.8) is 0 Å². The van der Waals surface area contributed by atoms with Crippen molar-refractivity contribution in [3.05, 3.63) is 89.7 Å². The van der Waals surface area contributed by atoms with Crippen molar-refractivity contribution in [2.45, 2.75) is 12.5 Å². The number of methoxy groups -OCH3 is 1. The van der Waals surface area contributed by atoms with Crippen molar-refractivity contribution < 1.29 is 14.3 Å². The summed E-state index contributed by atoms with van der Waals surface area (Å²) in [5.74, 6) is 2.73. The lowest BCUT2D eigenvalue weighted by Gasteiger charge is -2.27. The van der Waals surface area contributed by atoms with E-state index in [0.29, 0.717) is 23.1 Å². The summed E-state index contributed by atoms with van der Waals surface area (Å²) in [5.41, 5.74) is 2.55. The fraction of sp³-hybridized carbons (Fsp3) is 0.125. The zero-order valence-electron chi connectivity index (χ0n) is 16.8. The zero-order valence-corrected chi connectivity index (χ0v) is 16.8. The molecule has 3 aromatic carbocycles. The van der Waals surface area contributed by atoms with E-state index < -0.39 is 5.92 Å². The van der Waals surface area contributed by atoms with Crippen molar-refractivity contribution in [2.75, 3.05) is 7.11 Å². The number of benzene rings is 3. The number of hydrogen-bond acceptors (Lipinski definition) is 5. The monoisotopic (exact) mass is 412 g/mol. The Bertz CT molecular complexity index is 1190. The highest BCUT2D eigenvalue weighted by Gasteiger charge is 2.32. The second kappa shape index (κ2) is 7.95. The fourth-order valence-electron chi connectivity index (χ4n) is 3.71. The Kier molecular flexibility index (Phi) is 4.84. The van der Waals surface area contributed by atoms with Crippen LogP contribution in [0.5, 0.6) is 17.2 Å². The van der Waals surface area contributed by atoms with Crippen molar-refractivity contribution in [2.24, 2.45) is 0 Å². The molecule has 0 aliphatic carbocycles. The molecule has 7 nitrogen and oxygen atoms in total. The van der Waals surface area contributed by atoms with Crippen LogP contribution < -0.4 is 14.8 Å². The van der Waals surface area contributed by atoms with Gasteiger partial charge >= 0.3 is 0 Å². The van der Waals surface area contributed by atoms with Gasteiger partial charge in [0.25, 0.3) is 0 Å². The molecule has 7 heteroatoms. The molecule has 0 fully saturated rings. The van der Waals surface area contributed by atoms with E-state index in [4.69, 9.17) is 9.47 Å². The van der Waals surface area contributed by atoms with E-state index in [-0.39, 0.29) is 12.5 Å². The SMILES string of the molecule is COc1ccc(-c2n[nH]c(CNC(=O)C3c4ccccc4Oc4ccccc43)n2)cc1. The third-order valence-electron chi connectivity index (χ3n) is 5.25. The first-order valence-electron chi connectivity index (χ1n) is 9.92. The van der Waals surface area contributed by atoms with Crippen LogP contribution in [0.15, 0.2) is 72.8 Å². The molecule has 1 aliphatic rings. The minimum atomic E-state index is -0.454. The second-order valence-electron chi connectivity index (χ2n) is 7.16. The Labute approximate surface area is 179 Å². The maximum Gasteiger partial charge on any atom is 0.232 e. The summed E-state index contributed by atoms with van der Waals surface area (Å²) in [6, 6.07) is 22.7. The number of rotatable bonds is 5. The first-order valence-corrected chi connectivity index (χ1v) is 9.92. The van der Waals surface area contributed by atoms with Gasteiger partial charge in [0.2, 0.25) is 5.91 Å². The molecule has 1 aliphatic heterocycles. The molecule has 0 atom stereocenters. The van der Waals surface area contributed by atoms with E-state index >= 15 is 0 Å². The van der Waals surface area contributed by atoms with Crippen LogP contribution in [0, 0.1) is 0 Å². The number of para-hydroxylation sites is 2. The van der Waals surface area contributed by atoms with Gasteiger partial charge in [-0.2, -0.15) is 5.10 Å². The van der Waals surface area contributed by atoms with E-state index in [9.17, 15) is 4.79 Å². The molecule has 1 aromatic heterocycles. The molecular weight excluding hydrogens is 392 g/mol. The molecular formula is C24H20N4O3. The van der Waals surface area contributed by atoms with Crippen LogP contribution in [0.3, 0.4) is 0 Å². The topological polar surface area (TPSA) is 89.1 Å². The molecule has 154 valence electrons. The van der Waals surface area contributed by atoms with E-state index in [1.165, 1.54) is 0 Å². The van der Waals surface area contributed by atoms with Crippen molar-refractivity contribution in [1.82, 2.24) is 20.5 Å². The highest BCUT2D eigenvalue weighted by molar-refractivity contribution is 5.89. The number of carbonyl (C=O) groups is 1. The highest BCUT2D eigenvalue weighted by Crippen LogP contribution is 2.43. The van der Waals surface area contributed by atoms with Gasteiger partial charge < -0.3 is 14.8 Å². The lowest BCUT2D eigenvalue weighted by atomic mass is 9.87. The molecule has 0 bridgehead atoms. The van der Waals surface area contributed by atoms with Crippen molar-refractivity contribution >= 4 is 5.91 Å². The van der Waals surface area contributed by atoms with Crippen LogP contribution >= 0.6 is 0 Å². The molecule has 4 aromatic rings. The Hall–Kier alpha value is -4.13. The standard InChI is InChI=1S/C24H20N4O3/c1-30-16-12-10-15(11-13-16)23-26-21(27-28-23)14-25-24(29)22-17-6-2-4-8-19(17)31-20-9-5-3-7-18(20)22/h2-13,22H,14H2,1H3,(H,25,29)(H,26,27,28). The van der Waals surface area contributed by atoms with E-state index in [2.05, 4.69) is 20.5 Å². The molecule has 0 spiro atoms. The molecule has 0 unspecified atom stereocenters. The molecule has 0 radical (unpaired) electrons. The first kappa shape index (κ1) is 18.9. The number of nitrogens with one attached hydrogen (secondary N) is 2. The van der Waals surface area contributed by atoms with Crippen LogP contribution in [-0.2, 0) is 11.3 Å². The summed E-state index contributed by atoms with van der Waals surface area (Å²) in [4.78, 5) is 17.7. The lowest BCUT2D eigenvalue weighted by molar-refractivity contribution is -0.122. The summed E-state index contributed by atoms with van der Waals surface area (Å²) < 4.78 is 11.1. The number of fused-ring (bicyclic) bond motifs is 2. The summed E-state index contributed by atoms with van der Waals surface area (Å²) in [6.07, 6.45) is 0. The van der Waals surface area contributed by atoms with Gasteiger partial charge in [-0.05, 0) is 36.4 Å². The number of aromatic amines is 1. The largest absolute Gasteiger partial charge is 0.497 e. The lowest BCUT2D eigenvalue weighted by Crippen LogP contribution is -2.31. The number of carbonyl (C=O) groups excluding carboxylic acids is 1. The van der Waals surface area contributed by atoms with Crippen LogP contribution in [0.1, 0.15) is 22.9 Å². The normalized spacial score (nSPS) is 12.4. The minimum Gasteiger partial charge on any atom is -0.497 e.